The molecule has 0 bridgehead atoms. The van der Waals surface area contributed by atoms with Crippen molar-refractivity contribution in [3.63, 3.8) is 0 Å². The zero-order valence-corrected chi connectivity index (χ0v) is 9.58. The van der Waals surface area contributed by atoms with Crippen molar-refractivity contribution in [3.05, 3.63) is 24.5 Å². The normalized spacial score (nSPS) is 11.1. The first kappa shape index (κ1) is 11.7. The summed E-state index contributed by atoms with van der Waals surface area (Å²) in [5, 5.41) is 2.89. The second kappa shape index (κ2) is 4.91. The van der Waals surface area contributed by atoms with Gasteiger partial charge < -0.3 is 5.32 Å². The maximum atomic E-state index is 11.9. The van der Waals surface area contributed by atoms with Crippen LogP contribution in [-0.4, -0.2) is 10.9 Å². The van der Waals surface area contributed by atoms with Crippen molar-refractivity contribution in [3.8, 4) is 0 Å². The van der Waals surface area contributed by atoms with Crippen LogP contribution < -0.4 is 5.32 Å². The summed E-state index contributed by atoms with van der Waals surface area (Å²) in [5.74, 6) is 0.0653. The highest BCUT2D eigenvalue weighted by Gasteiger charge is 2.26. The second-order valence-corrected chi connectivity index (χ2v) is 4.32. The van der Waals surface area contributed by atoms with Gasteiger partial charge in [0.05, 0.1) is 0 Å². The van der Waals surface area contributed by atoms with E-state index in [9.17, 15) is 4.79 Å². The highest BCUT2D eigenvalue weighted by atomic mass is 16.2. The molecule has 1 aromatic rings. The lowest BCUT2D eigenvalue weighted by Gasteiger charge is -2.22. The maximum absolute atomic E-state index is 11.9. The summed E-state index contributed by atoms with van der Waals surface area (Å²) in [7, 11) is 0. The van der Waals surface area contributed by atoms with Crippen LogP contribution in [0.1, 0.15) is 33.6 Å². The number of rotatable bonds is 4. The van der Waals surface area contributed by atoms with Gasteiger partial charge in [-0.15, -0.1) is 0 Å². The second-order valence-electron chi connectivity index (χ2n) is 4.32. The Morgan fingerprint density at radius 3 is 2.53 bits per heavy atom. The van der Waals surface area contributed by atoms with Crippen LogP contribution >= 0.6 is 0 Å². The smallest absolute Gasteiger partial charge is 0.230 e. The van der Waals surface area contributed by atoms with Crippen LogP contribution in [0.5, 0.6) is 0 Å². The van der Waals surface area contributed by atoms with Crippen molar-refractivity contribution in [2.24, 2.45) is 5.41 Å². The van der Waals surface area contributed by atoms with Crippen LogP contribution in [-0.2, 0) is 4.79 Å². The van der Waals surface area contributed by atoms with Gasteiger partial charge >= 0.3 is 0 Å². The van der Waals surface area contributed by atoms with Gasteiger partial charge in [-0.25, -0.2) is 0 Å². The van der Waals surface area contributed by atoms with E-state index in [-0.39, 0.29) is 11.3 Å². The molecule has 1 heterocycles. The van der Waals surface area contributed by atoms with Crippen molar-refractivity contribution in [1.29, 1.82) is 0 Å². The SMILES string of the molecule is CCCC(C)(C)C(=O)Nc1ccncc1. The van der Waals surface area contributed by atoms with E-state index in [1.807, 2.05) is 13.8 Å². The minimum absolute atomic E-state index is 0.0653. The molecule has 0 spiro atoms. The molecule has 0 radical (unpaired) electrons. The van der Waals surface area contributed by atoms with Gasteiger partial charge in [-0.05, 0) is 18.6 Å². The lowest BCUT2D eigenvalue weighted by Crippen LogP contribution is -2.30. The summed E-state index contributed by atoms with van der Waals surface area (Å²) in [6, 6.07) is 3.58. The van der Waals surface area contributed by atoms with Crippen LogP contribution in [0.15, 0.2) is 24.5 Å². The Balaban J connectivity index is 2.63. The number of hydrogen-bond donors (Lipinski definition) is 1. The number of nitrogens with one attached hydrogen (secondary N) is 1. The summed E-state index contributed by atoms with van der Waals surface area (Å²) in [4.78, 5) is 15.8. The molecule has 0 aliphatic heterocycles. The first-order valence-electron chi connectivity index (χ1n) is 5.28. The molecule has 0 fully saturated rings. The van der Waals surface area contributed by atoms with Crippen molar-refractivity contribution in [2.75, 3.05) is 5.32 Å². The molecule has 0 aliphatic carbocycles. The third kappa shape index (κ3) is 3.35. The van der Waals surface area contributed by atoms with Crippen LogP contribution in [0.25, 0.3) is 0 Å². The minimum Gasteiger partial charge on any atom is -0.326 e. The highest BCUT2D eigenvalue weighted by Crippen LogP contribution is 2.24. The zero-order chi connectivity index (χ0) is 11.3. The monoisotopic (exact) mass is 206 g/mol. The van der Waals surface area contributed by atoms with E-state index in [1.165, 1.54) is 0 Å². The molecule has 0 aromatic carbocycles. The number of anilines is 1. The van der Waals surface area contributed by atoms with Crippen LogP contribution in [0, 0.1) is 5.41 Å². The number of nitrogens with zero attached hydrogens (tertiary/aromatic N) is 1. The maximum Gasteiger partial charge on any atom is 0.230 e. The number of amides is 1. The van der Waals surface area contributed by atoms with Crippen LogP contribution in [0.4, 0.5) is 5.69 Å². The fraction of sp³-hybridized carbons (Fsp3) is 0.500. The molecular formula is C12H18N2O. The van der Waals surface area contributed by atoms with Gasteiger partial charge in [0, 0.05) is 23.5 Å². The van der Waals surface area contributed by atoms with E-state index in [2.05, 4.69) is 17.2 Å². The van der Waals surface area contributed by atoms with E-state index in [0.29, 0.717) is 0 Å². The lowest BCUT2D eigenvalue weighted by molar-refractivity contribution is -0.124. The topological polar surface area (TPSA) is 42.0 Å². The number of pyridine rings is 1. The molecule has 1 rings (SSSR count). The summed E-state index contributed by atoms with van der Waals surface area (Å²) >= 11 is 0. The molecule has 0 atom stereocenters. The third-order valence-electron chi connectivity index (χ3n) is 2.43. The average Bonchev–Trinajstić information content (AvgIpc) is 2.19. The Kier molecular flexibility index (Phi) is 3.83. The zero-order valence-electron chi connectivity index (χ0n) is 9.58. The van der Waals surface area contributed by atoms with E-state index in [4.69, 9.17) is 0 Å². The standard InChI is InChI=1S/C12H18N2O/c1-4-7-12(2,3)11(15)14-10-5-8-13-9-6-10/h5-6,8-9H,4,7H2,1-3H3,(H,13,14,15). The summed E-state index contributed by atoms with van der Waals surface area (Å²) in [6.07, 6.45) is 5.24. The molecule has 3 nitrogen and oxygen atoms in total. The molecule has 0 saturated heterocycles. The van der Waals surface area contributed by atoms with Gasteiger partial charge in [0.25, 0.3) is 0 Å². The first-order valence-corrected chi connectivity index (χ1v) is 5.28. The van der Waals surface area contributed by atoms with Crippen LogP contribution in [0.2, 0.25) is 0 Å². The quantitative estimate of drug-likeness (QED) is 0.823. The largest absolute Gasteiger partial charge is 0.326 e. The van der Waals surface area contributed by atoms with Gasteiger partial charge in [-0.3, -0.25) is 9.78 Å². The Bertz CT molecular complexity index is 320. The number of hydrogen-bond acceptors (Lipinski definition) is 2. The third-order valence-corrected chi connectivity index (χ3v) is 2.43. The average molecular weight is 206 g/mol. The molecule has 15 heavy (non-hydrogen) atoms. The Morgan fingerprint density at radius 2 is 2.00 bits per heavy atom. The Morgan fingerprint density at radius 1 is 1.40 bits per heavy atom. The van der Waals surface area contributed by atoms with Gasteiger partial charge in [0.15, 0.2) is 0 Å². The molecule has 3 heteroatoms. The Labute approximate surface area is 90.9 Å². The molecule has 0 aliphatic rings. The summed E-state index contributed by atoms with van der Waals surface area (Å²) in [6.45, 7) is 6.02. The van der Waals surface area contributed by atoms with Crippen LogP contribution in [0.3, 0.4) is 0 Å². The predicted molar refractivity (Wildman–Crippen MR) is 61.6 cm³/mol. The van der Waals surface area contributed by atoms with Crippen molar-refractivity contribution < 1.29 is 4.79 Å². The number of aromatic nitrogens is 1. The van der Waals surface area contributed by atoms with E-state index in [1.54, 1.807) is 24.5 Å². The summed E-state index contributed by atoms with van der Waals surface area (Å²) < 4.78 is 0. The highest BCUT2D eigenvalue weighted by molar-refractivity contribution is 5.94. The fourth-order valence-electron chi connectivity index (χ4n) is 1.47. The molecular weight excluding hydrogens is 188 g/mol. The molecule has 1 aromatic heterocycles. The van der Waals surface area contributed by atoms with E-state index >= 15 is 0 Å². The number of carbonyl (C=O) groups is 1. The van der Waals surface area contributed by atoms with Crippen molar-refractivity contribution in [1.82, 2.24) is 4.98 Å². The molecule has 1 amide bonds. The number of carbonyl (C=O) groups excluding carboxylic acids is 1. The van der Waals surface area contributed by atoms with E-state index in [0.717, 1.165) is 18.5 Å². The van der Waals surface area contributed by atoms with Crippen molar-refractivity contribution in [2.45, 2.75) is 33.6 Å². The molecule has 0 unspecified atom stereocenters. The van der Waals surface area contributed by atoms with E-state index < -0.39 is 0 Å². The van der Waals surface area contributed by atoms with Gasteiger partial charge in [0.2, 0.25) is 5.91 Å². The van der Waals surface area contributed by atoms with Gasteiger partial charge in [0.1, 0.15) is 0 Å². The Hall–Kier alpha value is -1.38. The molecule has 1 N–H and O–H groups in total. The van der Waals surface area contributed by atoms with Gasteiger partial charge in [-0.2, -0.15) is 0 Å². The first-order chi connectivity index (χ1) is 7.06. The fourth-order valence-corrected chi connectivity index (χ4v) is 1.47. The van der Waals surface area contributed by atoms with Crippen molar-refractivity contribution >= 4 is 11.6 Å². The van der Waals surface area contributed by atoms with Gasteiger partial charge in [-0.1, -0.05) is 27.2 Å². The minimum atomic E-state index is -0.308. The summed E-state index contributed by atoms with van der Waals surface area (Å²) in [5.41, 5.74) is 0.497. The lowest BCUT2D eigenvalue weighted by atomic mass is 9.87. The predicted octanol–water partition coefficient (Wildman–Crippen LogP) is 2.85. The molecule has 82 valence electrons. The molecule has 0 saturated carbocycles.